The molecule has 3 N–H and O–H groups in total. The smallest absolute Gasteiger partial charge is 0.145 e. The summed E-state index contributed by atoms with van der Waals surface area (Å²) in [7, 11) is 0. The van der Waals surface area contributed by atoms with Crippen molar-refractivity contribution in [2.75, 3.05) is 6.54 Å². The van der Waals surface area contributed by atoms with Crippen LogP contribution < -0.4 is 5.73 Å². The number of aryl methyl sites for hydroxylation is 1. The number of nitrogens with two attached hydrogens (primary N) is 1. The van der Waals surface area contributed by atoms with Crippen LogP contribution in [-0.2, 0) is 0 Å². The quantitative estimate of drug-likeness (QED) is 0.905. The topological polar surface area (TPSA) is 46.2 Å². The largest absolute Gasteiger partial charge is 0.387 e. The fourth-order valence-corrected chi connectivity index (χ4v) is 3.15. The minimum atomic E-state index is -0.823. The molecule has 1 aromatic heterocycles. The Bertz CT molecular complexity index is 572. The van der Waals surface area contributed by atoms with Gasteiger partial charge in [-0.15, -0.1) is 11.3 Å². The Morgan fingerprint density at radius 2 is 2.11 bits per heavy atom. The summed E-state index contributed by atoms with van der Waals surface area (Å²) in [5.41, 5.74) is 6.06. The molecular formula is C14H15ClFNOS. The molecule has 2 unspecified atom stereocenters. The number of hydrogen-bond donors (Lipinski definition) is 2. The van der Waals surface area contributed by atoms with Crippen molar-refractivity contribution < 1.29 is 9.50 Å². The third kappa shape index (κ3) is 2.98. The maximum Gasteiger partial charge on any atom is 0.145 e. The molecule has 102 valence electrons. The first-order chi connectivity index (χ1) is 9.04. The molecule has 0 amide bonds. The second kappa shape index (κ2) is 6.01. The van der Waals surface area contributed by atoms with Gasteiger partial charge in [-0.1, -0.05) is 23.7 Å². The van der Waals surface area contributed by atoms with Gasteiger partial charge in [0.15, 0.2) is 0 Å². The van der Waals surface area contributed by atoms with E-state index in [2.05, 4.69) is 0 Å². The van der Waals surface area contributed by atoms with E-state index in [0.29, 0.717) is 5.56 Å². The Morgan fingerprint density at radius 3 is 2.68 bits per heavy atom. The normalized spacial score (nSPS) is 14.4. The molecule has 2 nitrogen and oxygen atoms in total. The van der Waals surface area contributed by atoms with E-state index < -0.39 is 17.8 Å². The highest BCUT2D eigenvalue weighted by Gasteiger charge is 2.26. The van der Waals surface area contributed by atoms with Gasteiger partial charge in [0.2, 0.25) is 0 Å². The van der Waals surface area contributed by atoms with E-state index in [-0.39, 0.29) is 11.6 Å². The Morgan fingerprint density at radius 1 is 1.37 bits per heavy atom. The Hall–Kier alpha value is -0.940. The molecule has 0 saturated heterocycles. The molecule has 0 aliphatic heterocycles. The summed E-state index contributed by atoms with van der Waals surface area (Å²) in [5, 5.41) is 10.4. The lowest BCUT2D eigenvalue weighted by Crippen LogP contribution is -2.20. The molecule has 2 aromatic rings. The zero-order chi connectivity index (χ0) is 14.0. The van der Waals surface area contributed by atoms with Gasteiger partial charge in [0.05, 0.1) is 11.1 Å². The SMILES string of the molecule is Cc1ccc(C(O)C(CN)c2cccc(Cl)c2F)s1. The summed E-state index contributed by atoms with van der Waals surface area (Å²) in [6, 6.07) is 8.52. The van der Waals surface area contributed by atoms with E-state index in [1.54, 1.807) is 12.1 Å². The molecule has 1 heterocycles. The summed E-state index contributed by atoms with van der Waals surface area (Å²) in [6.45, 7) is 2.10. The second-order valence-corrected chi connectivity index (χ2v) is 6.11. The van der Waals surface area contributed by atoms with Crippen LogP contribution in [0.2, 0.25) is 5.02 Å². The van der Waals surface area contributed by atoms with E-state index in [1.165, 1.54) is 17.4 Å². The molecule has 1 aromatic carbocycles. The molecule has 0 radical (unpaired) electrons. The van der Waals surface area contributed by atoms with Gasteiger partial charge >= 0.3 is 0 Å². The van der Waals surface area contributed by atoms with Gasteiger partial charge in [0, 0.05) is 22.2 Å². The minimum absolute atomic E-state index is 0.0468. The fraction of sp³-hybridized carbons (Fsp3) is 0.286. The summed E-state index contributed by atoms with van der Waals surface area (Å²) in [5.74, 6) is -1.01. The van der Waals surface area contributed by atoms with E-state index in [0.717, 1.165) is 9.75 Å². The van der Waals surface area contributed by atoms with Crippen LogP contribution in [0.3, 0.4) is 0 Å². The van der Waals surface area contributed by atoms with Crippen molar-refractivity contribution in [3.8, 4) is 0 Å². The molecular weight excluding hydrogens is 285 g/mol. The van der Waals surface area contributed by atoms with Crippen LogP contribution in [0, 0.1) is 12.7 Å². The third-order valence-electron chi connectivity index (χ3n) is 3.07. The minimum Gasteiger partial charge on any atom is -0.387 e. The molecule has 0 aliphatic carbocycles. The predicted molar refractivity (Wildman–Crippen MR) is 77.2 cm³/mol. The van der Waals surface area contributed by atoms with Crippen molar-refractivity contribution >= 4 is 22.9 Å². The molecule has 0 spiro atoms. The molecule has 0 fully saturated rings. The summed E-state index contributed by atoms with van der Waals surface area (Å²) >= 11 is 7.26. The van der Waals surface area contributed by atoms with Crippen molar-refractivity contribution in [2.24, 2.45) is 5.73 Å². The lowest BCUT2D eigenvalue weighted by Gasteiger charge is -2.21. The first kappa shape index (κ1) is 14.5. The van der Waals surface area contributed by atoms with Crippen molar-refractivity contribution in [3.05, 3.63) is 56.5 Å². The molecule has 0 bridgehead atoms. The van der Waals surface area contributed by atoms with Crippen LogP contribution in [-0.4, -0.2) is 11.7 Å². The number of benzene rings is 1. The monoisotopic (exact) mass is 299 g/mol. The maximum atomic E-state index is 14.0. The average molecular weight is 300 g/mol. The number of aliphatic hydroxyl groups excluding tert-OH is 1. The number of halogens is 2. The average Bonchev–Trinajstić information content (AvgIpc) is 2.82. The zero-order valence-electron chi connectivity index (χ0n) is 10.4. The lowest BCUT2D eigenvalue weighted by atomic mass is 9.92. The van der Waals surface area contributed by atoms with Gasteiger partial charge < -0.3 is 10.8 Å². The number of rotatable bonds is 4. The standard InChI is InChI=1S/C14H15ClFNOS/c1-8-5-6-12(19-8)14(18)10(7-17)9-3-2-4-11(15)13(9)16/h2-6,10,14,18H,7,17H2,1H3. The number of thiophene rings is 1. The molecule has 0 aliphatic rings. The number of hydrogen-bond acceptors (Lipinski definition) is 3. The van der Waals surface area contributed by atoms with E-state index in [4.69, 9.17) is 17.3 Å². The number of aliphatic hydroxyl groups is 1. The zero-order valence-corrected chi connectivity index (χ0v) is 12.0. The first-order valence-electron chi connectivity index (χ1n) is 5.93. The van der Waals surface area contributed by atoms with Crippen LogP contribution in [0.15, 0.2) is 30.3 Å². The Kier molecular flexibility index (Phi) is 4.58. The Balaban J connectivity index is 2.36. The van der Waals surface area contributed by atoms with Crippen molar-refractivity contribution in [3.63, 3.8) is 0 Å². The van der Waals surface area contributed by atoms with Crippen LogP contribution in [0.4, 0.5) is 4.39 Å². The highest BCUT2D eigenvalue weighted by Crippen LogP contribution is 2.36. The molecule has 19 heavy (non-hydrogen) atoms. The van der Waals surface area contributed by atoms with Crippen molar-refractivity contribution in [2.45, 2.75) is 18.9 Å². The van der Waals surface area contributed by atoms with Gasteiger partial charge in [-0.2, -0.15) is 0 Å². The fourth-order valence-electron chi connectivity index (χ4n) is 2.04. The third-order valence-corrected chi connectivity index (χ3v) is 4.43. The van der Waals surface area contributed by atoms with E-state index in [9.17, 15) is 9.50 Å². The van der Waals surface area contributed by atoms with E-state index in [1.807, 2.05) is 19.1 Å². The van der Waals surface area contributed by atoms with Gasteiger partial charge in [-0.25, -0.2) is 4.39 Å². The Labute approximate surface area is 120 Å². The molecule has 5 heteroatoms. The lowest BCUT2D eigenvalue weighted by molar-refractivity contribution is 0.149. The first-order valence-corrected chi connectivity index (χ1v) is 7.12. The highest BCUT2D eigenvalue weighted by molar-refractivity contribution is 7.12. The highest BCUT2D eigenvalue weighted by atomic mass is 35.5. The summed E-state index contributed by atoms with van der Waals surface area (Å²) < 4.78 is 14.0. The van der Waals surface area contributed by atoms with Crippen molar-refractivity contribution in [1.82, 2.24) is 0 Å². The molecule has 0 saturated carbocycles. The van der Waals surface area contributed by atoms with Crippen LogP contribution in [0.25, 0.3) is 0 Å². The molecule has 2 atom stereocenters. The second-order valence-electron chi connectivity index (χ2n) is 4.38. The van der Waals surface area contributed by atoms with Gasteiger partial charge in [-0.3, -0.25) is 0 Å². The van der Waals surface area contributed by atoms with Gasteiger partial charge in [0.1, 0.15) is 5.82 Å². The predicted octanol–water partition coefficient (Wildman–Crippen LogP) is 3.62. The van der Waals surface area contributed by atoms with Crippen LogP contribution in [0.5, 0.6) is 0 Å². The van der Waals surface area contributed by atoms with Crippen LogP contribution >= 0.6 is 22.9 Å². The van der Waals surface area contributed by atoms with Gasteiger partial charge in [0.25, 0.3) is 0 Å². The summed E-state index contributed by atoms with van der Waals surface area (Å²) in [4.78, 5) is 1.88. The maximum absolute atomic E-state index is 14.0. The van der Waals surface area contributed by atoms with Gasteiger partial charge in [-0.05, 0) is 30.7 Å². The molecule has 2 rings (SSSR count). The summed E-state index contributed by atoms with van der Waals surface area (Å²) in [6.07, 6.45) is -0.823. The van der Waals surface area contributed by atoms with E-state index >= 15 is 0 Å². The van der Waals surface area contributed by atoms with Crippen LogP contribution in [0.1, 0.15) is 27.3 Å². The van der Waals surface area contributed by atoms with Crippen molar-refractivity contribution in [1.29, 1.82) is 0 Å².